The number of nitrogens with one attached hydrogen (secondary N) is 3. The molecule has 0 spiro atoms. The van der Waals surface area contributed by atoms with Crippen molar-refractivity contribution in [2.45, 2.75) is 57.3 Å². The van der Waals surface area contributed by atoms with Crippen LogP contribution in [0.25, 0.3) is 0 Å². The first kappa shape index (κ1) is 30.7. The number of hydrogen-bond donors (Lipinski definition) is 7. The molecule has 0 aliphatic rings. The summed E-state index contributed by atoms with van der Waals surface area (Å²) in [7, 11) is 0. The number of nitrogens with two attached hydrogens (primary N) is 1. The summed E-state index contributed by atoms with van der Waals surface area (Å²) in [5.41, 5.74) is 7.54. The number of carbonyl (C=O) groups is 4. The van der Waals surface area contributed by atoms with Gasteiger partial charge in [-0.05, 0) is 42.0 Å². The Morgan fingerprint density at radius 2 is 1.32 bits per heavy atom. The zero-order chi connectivity index (χ0) is 28.2. The van der Waals surface area contributed by atoms with Crippen LogP contribution in [-0.4, -0.2) is 63.8 Å². The van der Waals surface area contributed by atoms with Gasteiger partial charge in [0.2, 0.25) is 17.7 Å². The highest BCUT2D eigenvalue weighted by Crippen LogP contribution is 2.12. The Kier molecular flexibility index (Phi) is 12.1. The maximum Gasteiger partial charge on any atom is 0.326 e. The SMILES string of the molecule is CC(C)CC(NC(=O)C(N)Cc1ccccc1)C(=O)NC(CS)C(=O)NC(Cc1ccc(O)cc1)C(=O)O. The van der Waals surface area contributed by atoms with Gasteiger partial charge in [-0.1, -0.05) is 56.3 Å². The maximum absolute atomic E-state index is 13.1. The molecule has 0 fully saturated rings. The van der Waals surface area contributed by atoms with Gasteiger partial charge in [0.05, 0.1) is 6.04 Å². The normalized spacial score (nSPS) is 14.1. The fourth-order valence-corrected chi connectivity index (χ4v) is 4.01. The van der Waals surface area contributed by atoms with Gasteiger partial charge in [0, 0.05) is 12.2 Å². The topological polar surface area (TPSA) is 171 Å². The molecule has 11 heteroatoms. The van der Waals surface area contributed by atoms with E-state index in [1.807, 2.05) is 44.2 Å². The molecule has 0 saturated carbocycles. The third kappa shape index (κ3) is 10.1. The van der Waals surface area contributed by atoms with E-state index < -0.39 is 47.9 Å². The predicted octanol–water partition coefficient (Wildman–Crippen LogP) is 1.02. The number of rotatable bonds is 14. The van der Waals surface area contributed by atoms with Gasteiger partial charge in [0.25, 0.3) is 0 Å². The second-order valence-corrected chi connectivity index (χ2v) is 9.87. The van der Waals surface area contributed by atoms with Crippen molar-refractivity contribution in [1.82, 2.24) is 16.0 Å². The van der Waals surface area contributed by atoms with E-state index in [0.29, 0.717) is 18.4 Å². The Labute approximate surface area is 227 Å². The quantitative estimate of drug-likeness (QED) is 0.174. The number of carboxylic acids is 1. The average Bonchev–Trinajstić information content (AvgIpc) is 2.87. The minimum absolute atomic E-state index is 0.0279. The van der Waals surface area contributed by atoms with E-state index in [-0.39, 0.29) is 23.8 Å². The number of hydrogen-bond acceptors (Lipinski definition) is 7. The molecule has 0 radical (unpaired) electrons. The summed E-state index contributed by atoms with van der Waals surface area (Å²) in [4.78, 5) is 50.5. The fraction of sp³-hybridized carbons (Fsp3) is 0.407. The summed E-state index contributed by atoms with van der Waals surface area (Å²) in [6, 6.07) is 11.0. The lowest BCUT2D eigenvalue weighted by molar-refractivity contribution is -0.142. The number of phenolic OH excluding ortho intramolecular Hbond substituents is 1. The smallest absolute Gasteiger partial charge is 0.326 e. The molecular weight excluding hydrogens is 508 g/mol. The Balaban J connectivity index is 2.04. The van der Waals surface area contributed by atoms with E-state index in [4.69, 9.17) is 5.73 Å². The summed E-state index contributed by atoms with van der Waals surface area (Å²) >= 11 is 4.15. The van der Waals surface area contributed by atoms with E-state index in [1.54, 1.807) is 12.1 Å². The Morgan fingerprint density at radius 3 is 1.87 bits per heavy atom. The number of benzene rings is 2. The third-order valence-corrected chi connectivity index (χ3v) is 6.15. The highest BCUT2D eigenvalue weighted by molar-refractivity contribution is 7.80. The van der Waals surface area contributed by atoms with Gasteiger partial charge in [0.15, 0.2) is 0 Å². The van der Waals surface area contributed by atoms with Crippen LogP contribution in [-0.2, 0) is 32.0 Å². The zero-order valence-electron chi connectivity index (χ0n) is 21.5. The molecule has 10 nitrogen and oxygen atoms in total. The molecule has 3 amide bonds. The van der Waals surface area contributed by atoms with Crippen molar-refractivity contribution in [2.24, 2.45) is 11.7 Å². The molecule has 0 saturated heterocycles. The molecule has 206 valence electrons. The Morgan fingerprint density at radius 1 is 0.789 bits per heavy atom. The van der Waals surface area contributed by atoms with Gasteiger partial charge in [-0.15, -0.1) is 0 Å². The molecular formula is C27H36N4O6S. The van der Waals surface area contributed by atoms with Crippen molar-refractivity contribution in [2.75, 3.05) is 5.75 Å². The highest BCUT2D eigenvalue weighted by Gasteiger charge is 2.30. The van der Waals surface area contributed by atoms with Gasteiger partial charge in [-0.25, -0.2) is 4.79 Å². The standard InChI is InChI=1S/C27H36N4O6S/c1-16(2)12-21(29-24(33)20(28)13-17-6-4-3-5-7-17)25(34)31-23(15-38)26(35)30-22(27(36)37)14-18-8-10-19(32)11-9-18/h3-11,16,20-23,32,38H,12-15,28H2,1-2H3,(H,29,33)(H,30,35)(H,31,34)(H,36,37). The van der Waals surface area contributed by atoms with Gasteiger partial charge in [-0.3, -0.25) is 14.4 Å². The average molecular weight is 545 g/mol. The molecule has 0 aromatic heterocycles. The lowest BCUT2D eigenvalue weighted by atomic mass is 10.0. The molecule has 4 unspecified atom stereocenters. The molecule has 7 N–H and O–H groups in total. The number of aliphatic carboxylic acids is 1. The lowest BCUT2D eigenvalue weighted by Gasteiger charge is -2.25. The molecule has 0 aliphatic carbocycles. The second-order valence-electron chi connectivity index (χ2n) is 9.50. The van der Waals surface area contributed by atoms with E-state index in [0.717, 1.165) is 5.56 Å². The van der Waals surface area contributed by atoms with Crippen LogP contribution in [0.15, 0.2) is 54.6 Å². The van der Waals surface area contributed by atoms with Crippen molar-refractivity contribution in [3.8, 4) is 5.75 Å². The first-order chi connectivity index (χ1) is 18.0. The van der Waals surface area contributed by atoms with Gasteiger partial charge < -0.3 is 31.9 Å². The van der Waals surface area contributed by atoms with Crippen molar-refractivity contribution < 1.29 is 29.4 Å². The summed E-state index contributed by atoms with van der Waals surface area (Å²) in [5, 5.41) is 26.7. The van der Waals surface area contributed by atoms with Crippen LogP contribution in [0, 0.1) is 5.92 Å². The number of aromatic hydroxyl groups is 1. The van der Waals surface area contributed by atoms with E-state index in [9.17, 15) is 29.4 Å². The van der Waals surface area contributed by atoms with Crippen molar-refractivity contribution in [3.05, 3.63) is 65.7 Å². The first-order valence-electron chi connectivity index (χ1n) is 12.3. The van der Waals surface area contributed by atoms with Crippen LogP contribution >= 0.6 is 12.6 Å². The van der Waals surface area contributed by atoms with Crippen LogP contribution in [0.1, 0.15) is 31.4 Å². The Hall–Kier alpha value is -3.57. The van der Waals surface area contributed by atoms with Gasteiger partial charge in [-0.2, -0.15) is 12.6 Å². The van der Waals surface area contributed by atoms with Crippen LogP contribution in [0.3, 0.4) is 0 Å². The number of carboxylic acid groups (broad SMARTS) is 1. The van der Waals surface area contributed by atoms with E-state index >= 15 is 0 Å². The van der Waals surface area contributed by atoms with Crippen LogP contribution in [0.5, 0.6) is 5.75 Å². The predicted molar refractivity (Wildman–Crippen MR) is 147 cm³/mol. The summed E-state index contributed by atoms with van der Waals surface area (Å²) < 4.78 is 0. The minimum atomic E-state index is -1.27. The molecule has 0 heterocycles. The van der Waals surface area contributed by atoms with Gasteiger partial charge >= 0.3 is 5.97 Å². The highest BCUT2D eigenvalue weighted by atomic mass is 32.1. The van der Waals surface area contributed by atoms with Crippen molar-refractivity contribution in [3.63, 3.8) is 0 Å². The molecule has 2 rings (SSSR count). The first-order valence-corrected chi connectivity index (χ1v) is 13.0. The third-order valence-electron chi connectivity index (χ3n) is 5.78. The minimum Gasteiger partial charge on any atom is -0.508 e. The molecule has 0 bridgehead atoms. The largest absolute Gasteiger partial charge is 0.508 e. The summed E-state index contributed by atoms with van der Waals surface area (Å²) in [6.07, 6.45) is 0.567. The molecule has 2 aromatic rings. The number of carbonyl (C=O) groups excluding carboxylic acids is 3. The lowest BCUT2D eigenvalue weighted by Crippen LogP contribution is -2.58. The number of amides is 3. The van der Waals surface area contributed by atoms with Crippen molar-refractivity contribution in [1.29, 1.82) is 0 Å². The summed E-state index contributed by atoms with van der Waals surface area (Å²) in [5.74, 6) is -3.10. The maximum atomic E-state index is 13.1. The van der Waals surface area contributed by atoms with Gasteiger partial charge in [0.1, 0.15) is 23.9 Å². The fourth-order valence-electron chi connectivity index (χ4n) is 3.75. The van der Waals surface area contributed by atoms with Crippen molar-refractivity contribution >= 4 is 36.3 Å². The summed E-state index contributed by atoms with van der Waals surface area (Å²) in [6.45, 7) is 3.78. The molecule has 2 aromatic carbocycles. The zero-order valence-corrected chi connectivity index (χ0v) is 22.4. The second kappa shape index (κ2) is 15.0. The molecule has 38 heavy (non-hydrogen) atoms. The number of phenols is 1. The van der Waals surface area contributed by atoms with Crippen LogP contribution in [0.2, 0.25) is 0 Å². The van der Waals surface area contributed by atoms with Crippen LogP contribution < -0.4 is 21.7 Å². The molecule has 0 aliphatic heterocycles. The van der Waals surface area contributed by atoms with E-state index in [1.165, 1.54) is 12.1 Å². The monoisotopic (exact) mass is 544 g/mol. The molecule has 4 atom stereocenters. The number of thiol groups is 1. The Bertz CT molecular complexity index is 1080. The van der Waals surface area contributed by atoms with Crippen LogP contribution in [0.4, 0.5) is 0 Å². The van der Waals surface area contributed by atoms with E-state index in [2.05, 4.69) is 28.6 Å².